The number of rotatable bonds is 6. The molecule has 2 aromatic carbocycles. The standard InChI is InChI=1S/C23H21N3O4/c1-4-29-23(28)18-13-25-20-10-9-15(22(27)30-14(2)3)11-17(20)21(18)26-19-8-6-5-7-16(19)12-24/h5-11,13-14H,4H2,1-3H3,(H,25,26). The van der Waals surface area contributed by atoms with Crippen LogP contribution in [0, 0.1) is 11.3 Å². The van der Waals surface area contributed by atoms with E-state index in [-0.39, 0.29) is 18.3 Å². The van der Waals surface area contributed by atoms with Crippen molar-refractivity contribution >= 4 is 34.2 Å². The van der Waals surface area contributed by atoms with Gasteiger partial charge in [0.15, 0.2) is 0 Å². The summed E-state index contributed by atoms with van der Waals surface area (Å²) < 4.78 is 10.4. The molecule has 0 bridgehead atoms. The van der Waals surface area contributed by atoms with Gasteiger partial charge >= 0.3 is 11.9 Å². The predicted molar refractivity (Wildman–Crippen MR) is 113 cm³/mol. The van der Waals surface area contributed by atoms with E-state index in [0.29, 0.717) is 33.4 Å². The van der Waals surface area contributed by atoms with Crippen LogP contribution in [0.15, 0.2) is 48.7 Å². The fourth-order valence-electron chi connectivity index (χ4n) is 2.92. The van der Waals surface area contributed by atoms with Crippen molar-refractivity contribution in [2.24, 2.45) is 0 Å². The molecule has 7 heteroatoms. The first kappa shape index (κ1) is 20.8. The molecule has 30 heavy (non-hydrogen) atoms. The van der Waals surface area contributed by atoms with Crippen molar-refractivity contribution in [1.29, 1.82) is 5.26 Å². The summed E-state index contributed by atoms with van der Waals surface area (Å²) in [5.74, 6) is -1.03. The second-order valence-corrected chi connectivity index (χ2v) is 6.74. The molecule has 0 saturated heterocycles. The van der Waals surface area contributed by atoms with Crippen molar-refractivity contribution < 1.29 is 19.1 Å². The molecule has 0 fully saturated rings. The maximum atomic E-state index is 12.6. The molecule has 0 amide bonds. The number of benzene rings is 2. The van der Waals surface area contributed by atoms with Gasteiger partial charge < -0.3 is 14.8 Å². The van der Waals surface area contributed by atoms with Gasteiger partial charge in [-0.1, -0.05) is 12.1 Å². The summed E-state index contributed by atoms with van der Waals surface area (Å²) in [6, 6.07) is 14.0. The van der Waals surface area contributed by atoms with Crippen LogP contribution in [0.2, 0.25) is 0 Å². The summed E-state index contributed by atoms with van der Waals surface area (Å²) in [4.78, 5) is 29.3. The van der Waals surface area contributed by atoms with Crippen LogP contribution >= 0.6 is 0 Å². The topological polar surface area (TPSA) is 101 Å². The first-order valence-electron chi connectivity index (χ1n) is 9.51. The third kappa shape index (κ3) is 4.39. The number of pyridine rings is 1. The van der Waals surface area contributed by atoms with Crippen LogP contribution in [0.1, 0.15) is 47.1 Å². The van der Waals surface area contributed by atoms with Gasteiger partial charge in [-0.25, -0.2) is 9.59 Å². The molecule has 0 aliphatic rings. The molecule has 0 radical (unpaired) electrons. The van der Waals surface area contributed by atoms with Crippen molar-refractivity contribution in [1.82, 2.24) is 4.98 Å². The summed E-state index contributed by atoms with van der Waals surface area (Å²) in [7, 11) is 0. The van der Waals surface area contributed by atoms with Gasteiger partial charge in [0.1, 0.15) is 11.6 Å². The second-order valence-electron chi connectivity index (χ2n) is 6.74. The summed E-state index contributed by atoms with van der Waals surface area (Å²) in [6.45, 7) is 5.45. The molecule has 0 atom stereocenters. The number of hydrogen-bond donors (Lipinski definition) is 1. The quantitative estimate of drug-likeness (QED) is 0.601. The molecular weight excluding hydrogens is 382 g/mol. The van der Waals surface area contributed by atoms with E-state index in [1.807, 2.05) is 0 Å². The summed E-state index contributed by atoms with van der Waals surface area (Å²) in [6.07, 6.45) is 1.15. The minimum atomic E-state index is -0.556. The largest absolute Gasteiger partial charge is 0.462 e. The van der Waals surface area contributed by atoms with Crippen LogP contribution in [0.3, 0.4) is 0 Å². The predicted octanol–water partition coefficient (Wildman–Crippen LogP) is 4.59. The van der Waals surface area contributed by atoms with Crippen molar-refractivity contribution in [2.75, 3.05) is 11.9 Å². The monoisotopic (exact) mass is 403 g/mol. The first-order chi connectivity index (χ1) is 14.4. The Morgan fingerprint density at radius 1 is 1.17 bits per heavy atom. The fraction of sp³-hybridized carbons (Fsp3) is 0.217. The number of nitriles is 1. The average molecular weight is 403 g/mol. The molecule has 0 spiro atoms. The van der Waals surface area contributed by atoms with Crippen molar-refractivity contribution in [3.8, 4) is 6.07 Å². The van der Waals surface area contributed by atoms with E-state index in [2.05, 4.69) is 16.4 Å². The van der Waals surface area contributed by atoms with Crippen LogP contribution < -0.4 is 5.32 Å². The van der Waals surface area contributed by atoms with E-state index in [0.717, 1.165) is 0 Å². The molecule has 1 aromatic heterocycles. The molecule has 0 aliphatic heterocycles. The number of carbonyl (C=O) groups is 2. The lowest BCUT2D eigenvalue weighted by molar-refractivity contribution is 0.0377. The number of hydrogen-bond acceptors (Lipinski definition) is 7. The number of para-hydroxylation sites is 1. The molecule has 1 heterocycles. The highest BCUT2D eigenvalue weighted by molar-refractivity contribution is 6.08. The Balaban J connectivity index is 2.20. The number of nitrogens with zero attached hydrogens (tertiary/aromatic N) is 2. The minimum absolute atomic E-state index is 0.200. The molecule has 0 unspecified atom stereocenters. The van der Waals surface area contributed by atoms with Crippen molar-refractivity contribution in [2.45, 2.75) is 26.9 Å². The normalized spacial score (nSPS) is 10.5. The molecule has 0 aliphatic carbocycles. The van der Waals surface area contributed by atoms with Gasteiger partial charge in [0, 0.05) is 11.6 Å². The van der Waals surface area contributed by atoms with E-state index in [9.17, 15) is 14.9 Å². The Kier molecular flexibility index (Phi) is 6.28. The molecule has 3 rings (SSSR count). The Morgan fingerprint density at radius 2 is 1.93 bits per heavy atom. The second kappa shape index (κ2) is 9.05. The summed E-state index contributed by atoms with van der Waals surface area (Å²) in [5.41, 5.74) is 2.43. The smallest absolute Gasteiger partial charge is 0.341 e. The molecule has 7 nitrogen and oxygen atoms in total. The van der Waals surface area contributed by atoms with Crippen molar-refractivity contribution in [3.63, 3.8) is 0 Å². The van der Waals surface area contributed by atoms with E-state index >= 15 is 0 Å². The van der Waals surface area contributed by atoms with Gasteiger partial charge in [0.05, 0.1) is 40.7 Å². The molecule has 1 N–H and O–H groups in total. The number of esters is 2. The Bertz CT molecular complexity index is 1150. The highest BCUT2D eigenvalue weighted by Gasteiger charge is 2.19. The van der Waals surface area contributed by atoms with Gasteiger partial charge in [0.2, 0.25) is 0 Å². The van der Waals surface area contributed by atoms with Gasteiger partial charge in [-0.2, -0.15) is 5.26 Å². The van der Waals surface area contributed by atoms with Gasteiger partial charge in [0.25, 0.3) is 0 Å². The average Bonchev–Trinajstić information content (AvgIpc) is 2.73. The molecule has 152 valence electrons. The van der Waals surface area contributed by atoms with Crippen LogP contribution in [0.4, 0.5) is 11.4 Å². The fourth-order valence-corrected chi connectivity index (χ4v) is 2.92. The zero-order valence-electron chi connectivity index (χ0n) is 16.9. The van der Waals surface area contributed by atoms with Crippen LogP contribution in [-0.2, 0) is 9.47 Å². The van der Waals surface area contributed by atoms with Crippen molar-refractivity contribution in [3.05, 3.63) is 65.4 Å². The summed E-state index contributed by atoms with van der Waals surface area (Å²) in [5, 5.41) is 13.1. The SMILES string of the molecule is CCOC(=O)c1cnc2ccc(C(=O)OC(C)C)cc2c1Nc1ccccc1C#N. The van der Waals surface area contributed by atoms with E-state index in [1.54, 1.807) is 63.2 Å². The Labute approximate surface area is 174 Å². The third-order valence-electron chi connectivity index (χ3n) is 4.25. The minimum Gasteiger partial charge on any atom is -0.462 e. The Morgan fingerprint density at radius 3 is 2.63 bits per heavy atom. The van der Waals surface area contributed by atoms with E-state index in [4.69, 9.17) is 9.47 Å². The lowest BCUT2D eigenvalue weighted by Gasteiger charge is -2.16. The van der Waals surface area contributed by atoms with E-state index in [1.165, 1.54) is 6.20 Å². The molecule has 0 saturated carbocycles. The van der Waals surface area contributed by atoms with Crippen LogP contribution in [-0.4, -0.2) is 29.6 Å². The maximum Gasteiger partial charge on any atom is 0.341 e. The Hall–Kier alpha value is -3.92. The lowest BCUT2D eigenvalue weighted by Crippen LogP contribution is -2.12. The number of nitrogens with one attached hydrogen (secondary N) is 1. The summed E-state index contributed by atoms with van der Waals surface area (Å²) >= 11 is 0. The maximum absolute atomic E-state index is 12.6. The number of anilines is 2. The van der Waals surface area contributed by atoms with Crippen LogP contribution in [0.25, 0.3) is 10.9 Å². The highest BCUT2D eigenvalue weighted by atomic mass is 16.5. The molecule has 3 aromatic rings. The van der Waals surface area contributed by atoms with Gasteiger partial charge in [-0.3, -0.25) is 4.98 Å². The first-order valence-corrected chi connectivity index (χ1v) is 9.51. The lowest BCUT2D eigenvalue weighted by atomic mass is 10.0. The third-order valence-corrected chi connectivity index (χ3v) is 4.25. The zero-order chi connectivity index (χ0) is 21.7. The number of ether oxygens (including phenoxy) is 2. The molecular formula is C23H21N3O4. The van der Waals surface area contributed by atoms with Gasteiger partial charge in [-0.05, 0) is 51.1 Å². The van der Waals surface area contributed by atoms with E-state index < -0.39 is 11.9 Å². The zero-order valence-corrected chi connectivity index (χ0v) is 16.9. The number of fused-ring (bicyclic) bond motifs is 1. The van der Waals surface area contributed by atoms with Gasteiger partial charge in [-0.15, -0.1) is 0 Å². The highest BCUT2D eigenvalue weighted by Crippen LogP contribution is 2.32. The van der Waals surface area contributed by atoms with Crippen LogP contribution in [0.5, 0.6) is 0 Å². The number of carbonyl (C=O) groups excluding carboxylic acids is 2. The number of aromatic nitrogens is 1.